The summed E-state index contributed by atoms with van der Waals surface area (Å²) in [5, 5.41) is 0. The Bertz CT molecular complexity index is 270. The molecule has 1 aliphatic rings. The van der Waals surface area contributed by atoms with Gasteiger partial charge in [-0.2, -0.15) is 13.2 Å². The van der Waals surface area contributed by atoms with Crippen LogP contribution in [0.2, 0.25) is 0 Å². The van der Waals surface area contributed by atoms with Crippen molar-refractivity contribution in [3.63, 3.8) is 0 Å². The minimum Gasteiger partial charge on any atom is -0.345 e. The Balaban J connectivity index is 2.58. The molecule has 2 N–H and O–H groups in total. The molecule has 0 aromatic heterocycles. The molecule has 0 aliphatic carbocycles. The van der Waals surface area contributed by atoms with Crippen LogP contribution in [-0.2, 0) is 4.79 Å². The van der Waals surface area contributed by atoms with Crippen molar-refractivity contribution in [2.24, 2.45) is 11.7 Å². The van der Waals surface area contributed by atoms with Crippen LogP contribution in [-0.4, -0.2) is 61.7 Å². The Kier molecular flexibility index (Phi) is 4.76. The van der Waals surface area contributed by atoms with E-state index in [0.29, 0.717) is 19.5 Å². The van der Waals surface area contributed by atoms with Gasteiger partial charge in [0.2, 0.25) is 5.91 Å². The molecule has 1 atom stereocenters. The summed E-state index contributed by atoms with van der Waals surface area (Å²) in [5.41, 5.74) is 5.14. The van der Waals surface area contributed by atoms with Crippen LogP contribution in [0.25, 0.3) is 0 Å². The summed E-state index contributed by atoms with van der Waals surface area (Å²) in [6, 6.07) is 0. The third kappa shape index (κ3) is 4.16. The number of halogens is 3. The highest BCUT2D eigenvalue weighted by Crippen LogP contribution is 2.26. The van der Waals surface area contributed by atoms with Gasteiger partial charge in [-0.3, -0.25) is 9.69 Å². The fourth-order valence-corrected chi connectivity index (χ4v) is 1.83. The first kappa shape index (κ1) is 14.2. The molecular weight excluding hydrogens is 235 g/mol. The van der Waals surface area contributed by atoms with Gasteiger partial charge in [0, 0.05) is 33.2 Å². The summed E-state index contributed by atoms with van der Waals surface area (Å²) in [7, 11) is 1.66. The molecule has 0 aromatic rings. The van der Waals surface area contributed by atoms with Gasteiger partial charge in [-0.05, 0) is 6.42 Å². The summed E-state index contributed by atoms with van der Waals surface area (Å²) in [5.74, 6) is -1.70. The van der Waals surface area contributed by atoms with E-state index in [1.165, 1.54) is 4.90 Å². The normalized spacial score (nSPS) is 21.5. The molecule has 0 radical (unpaired) electrons. The van der Waals surface area contributed by atoms with Crippen LogP contribution in [0, 0.1) is 5.92 Å². The molecule has 0 spiro atoms. The number of hydrogen-bond donors (Lipinski definition) is 1. The zero-order valence-corrected chi connectivity index (χ0v) is 9.83. The summed E-state index contributed by atoms with van der Waals surface area (Å²) in [6.07, 6.45) is -3.60. The standard InChI is InChI=1S/C10H18F3N3O/c1-15-3-2-4-16(7-9(15)17)6-8(5-14)10(11,12)13/h8H,2-7,14H2,1H3. The van der Waals surface area contributed by atoms with Crippen molar-refractivity contribution in [3.05, 3.63) is 0 Å². The number of nitrogens with zero attached hydrogens (tertiary/aromatic N) is 2. The van der Waals surface area contributed by atoms with Gasteiger partial charge in [-0.15, -0.1) is 0 Å². The maximum atomic E-state index is 12.5. The molecule has 100 valence electrons. The van der Waals surface area contributed by atoms with Crippen LogP contribution in [0.1, 0.15) is 6.42 Å². The smallest absolute Gasteiger partial charge is 0.345 e. The van der Waals surface area contributed by atoms with Crippen molar-refractivity contribution >= 4 is 5.91 Å². The summed E-state index contributed by atoms with van der Waals surface area (Å²) >= 11 is 0. The fraction of sp³-hybridized carbons (Fsp3) is 0.900. The van der Waals surface area contributed by atoms with Gasteiger partial charge >= 0.3 is 6.18 Å². The van der Waals surface area contributed by atoms with Crippen molar-refractivity contribution in [2.75, 3.05) is 39.8 Å². The predicted octanol–water partition coefficient (Wildman–Crippen LogP) is 0.288. The first-order valence-electron chi connectivity index (χ1n) is 5.57. The van der Waals surface area contributed by atoms with Crippen LogP contribution in [0.4, 0.5) is 13.2 Å². The Morgan fingerprint density at radius 3 is 2.59 bits per heavy atom. The number of nitrogens with two attached hydrogens (primary N) is 1. The van der Waals surface area contributed by atoms with Crippen LogP contribution >= 0.6 is 0 Å². The quantitative estimate of drug-likeness (QED) is 0.786. The van der Waals surface area contributed by atoms with Crippen LogP contribution in [0.3, 0.4) is 0 Å². The van der Waals surface area contributed by atoms with E-state index < -0.39 is 18.6 Å². The highest BCUT2D eigenvalue weighted by Gasteiger charge is 2.39. The van der Waals surface area contributed by atoms with Crippen molar-refractivity contribution in [3.8, 4) is 0 Å². The number of likely N-dealkylation sites (N-methyl/N-ethyl adjacent to an activating group) is 1. The maximum Gasteiger partial charge on any atom is 0.394 e. The van der Waals surface area contributed by atoms with Crippen LogP contribution < -0.4 is 5.73 Å². The van der Waals surface area contributed by atoms with Gasteiger partial charge in [0.25, 0.3) is 0 Å². The number of amides is 1. The lowest BCUT2D eigenvalue weighted by Gasteiger charge is -2.26. The molecular formula is C10H18F3N3O. The van der Waals surface area contributed by atoms with Gasteiger partial charge in [-0.1, -0.05) is 0 Å². The molecule has 1 heterocycles. The van der Waals surface area contributed by atoms with Crippen molar-refractivity contribution in [2.45, 2.75) is 12.6 Å². The minimum absolute atomic E-state index is 0.0447. The zero-order chi connectivity index (χ0) is 13.1. The van der Waals surface area contributed by atoms with E-state index >= 15 is 0 Å². The van der Waals surface area contributed by atoms with Crippen molar-refractivity contribution in [1.82, 2.24) is 9.80 Å². The van der Waals surface area contributed by atoms with E-state index in [-0.39, 0.29) is 19.0 Å². The van der Waals surface area contributed by atoms with E-state index in [2.05, 4.69) is 0 Å². The number of alkyl halides is 3. The lowest BCUT2D eigenvalue weighted by Crippen LogP contribution is -2.43. The fourth-order valence-electron chi connectivity index (χ4n) is 1.83. The highest BCUT2D eigenvalue weighted by molar-refractivity contribution is 5.78. The first-order chi connectivity index (χ1) is 7.84. The SMILES string of the molecule is CN1CCCN(CC(CN)C(F)(F)F)CC1=O. The molecule has 1 aliphatic heterocycles. The van der Waals surface area contributed by atoms with Gasteiger partial charge in [0.15, 0.2) is 0 Å². The molecule has 4 nitrogen and oxygen atoms in total. The number of hydrogen-bond acceptors (Lipinski definition) is 3. The topological polar surface area (TPSA) is 49.6 Å². The van der Waals surface area contributed by atoms with E-state index in [1.807, 2.05) is 0 Å². The number of rotatable bonds is 3. The van der Waals surface area contributed by atoms with Gasteiger partial charge in [0.05, 0.1) is 12.5 Å². The number of carbonyl (C=O) groups excluding carboxylic acids is 1. The molecule has 1 fully saturated rings. The van der Waals surface area contributed by atoms with Crippen molar-refractivity contribution < 1.29 is 18.0 Å². The van der Waals surface area contributed by atoms with E-state index in [1.54, 1.807) is 11.9 Å². The lowest BCUT2D eigenvalue weighted by molar-refractivity contribution is -0.176. The van der Waals surface area contributed by atoms with Gasteiger partial charge in [0.1, 0.15) is 0 Å². The molecule has 17 heavy (non-hydrogen) atoms. The van der Waals surface area contributed by atoms with E-state index in [0.717, 1.165) is 0 Å². The Hall–Kier alpha value is -0.820. The summed E-state index contributed by atoms with van der Waals surface area (Å²) in [6.45, 7) is 0.504. The van der Waals surface area contributed by atoms with Crippen LogP contribution in [0.15, 0.2) is 0 Å². The molecule has 1 unspecified atom stereocenters. The monoisotopic (exact) mass is 253 g/mol. The molecule has 0 bridgehead atoms. The minimum atomic E-state index is -4.30. The third-order valence-corrected chi connectivity index (χ3v) is 2.98. The first-order valence-corrected chi connectivity index (χ1v) is 5.57. The average molecular weight is 253 g/mol. The molecule has 0 saturated carbocycles. The van der Waals surface area contributed by atoms with Gasteiger partial charge in [-0.25, -0.2) is 0 Å². The molecule has 1 rings (SSSR count). The van der Waals surface area contributed by atoms with Gasteiger partial charge < -0.3 is 10.6 Å². The molecule has 7 heteroatoms. The Morgan fingerprint density at radius 2 is 2.06 bits per heavy atom. The lowest BCUT2D eigenvalue weighted by atomic mass is 10.1. The van der Waals surface area contributed by atoms with E-state index in [4.69, 9.17) is 5.73 Å². The molecule has 1 saturated heterocycles. The number of carbonyl (C=O) groups is 1. The van der Waals surface area contributed by atoms with Crippen LogP contribution in [0.5, 0.6) is 0 Å². The highest BCUT2D eigenvalue weighted by atomic mass is 19.4. The average Bonchev–Trinajstić information content (AvgIpc) is 2.36. The largest absolute Gasteiger partial charge is 0.394 e. The Labute approximate surface area is 98.5 Å². The second kappa shape index (κ2) is 5.68. The van der Waals surface area contributed by atoms with Crippen molar-refractivity contribution in [1.29, 1.82) is 0 Å². The summed E-state index contributed by atoms with van der Waals surface area (Å²) < 4.78 is 37.6. The predicted molar refractivity (Wildman–Crippen MR) is 57.3 cm³/mol. The third-order valence-electron chi connectivity index (χ3n) is 2.98. The summed E-state index contributed by atoms with van der Waals surface area (Å²) in [4.78, 5) is 14.6. The molecule has 0 aromatic carbocycles. The Morgan fingerprint density at radius 1 is 1.41 bits per heavy atom. The second-order valence-electron chi connectivity index (χ2n) is 4.38. The zero-order valence-electron chi connectivity index (χ0n) is 9.83. The second-order valence-corrected chi connectivity index (χ2v) is 4.38. The molecule has 1 amide bonds. The maximum absolute atomic E-state index is 12.5. The van der Waals surface area contributed by atoms with E-state index in [9.17, 15) is 18.0 Å².